The van der Waals surface area contributed by atoms with Crippen molar-refractivity contribution in [1.82, 2.24) is 0 Å². The van der Waals surface area contributed by atoms with Crippen LogP contribution >= 0.6 is 0 Å². The topological polar surface area (TPSA) is 32.8 Å². The lowest BCUT2D eigenvalue weighted by atomic mass is 9.77. The predicted octanol–water partition coefficient (Wildman–Crippen LogP) is 24.0. The zero-order valence-electron chi connectivity index (χ0n) is 48.6. The average molecular weight is 1090 g/mol. The number of nitrogens with zero attached hydrogens (tertiary/aromatic N) is 2. The normalized spacial score (nSPS) is 14.6. The molecule has 2 saturated carbocycles. The molecule has 2 heterocycles. The molecule has 4 heteroatoms. The largest absolute Gasteiger partial charge is 0.455 e. The Morgan fingerprint density at radius 2 is 0.702 bits per heavy atom. The molecule has 0 aliphatic heterocycles. The highest BCUT2D eigenvalue weighted by Gasteiger charge is 2.32. The van der Waals surface area contributed by atoms with Crippen molar-refractivity contribution in [3.05, 3.63) is 240 Å². The standard InChI is InChI=1S/C80H68N2O2/c1-49-39-41-57(63-33-21-35-65-59-31-17-19-37-73(59)83-79(63)65)51(3)77(49)81(55-27-13-7-14-28-55)71-47-69(53-23-9-5-10-24-53)61-44-46-68-72(48-70(54-25-11-6-12-26-54)62-43-45-67(71)75(61)76(62)68)82(56-29-15-8-16-30-56)78-50(2)40-42-58(52(78)4)64-34-22-36-66-60-32-18-20-38-74(60)84-80(64)66/h7-8,13-22,27-48,53-54H,5-6,9-12,23-26H2,1-4H3. The molecule has 410 valence electrons. The van der Waals surface area contributed by atoms with E-state index in [9.17, 15) is 0 Å². The van der Waals surface area contributed by atoms with Gasteiger partial charge in [-0.25, -0.2) is 0 Å². The molecule has 0 radical (unpaired) electrons. The molecule has 2 aliphatic carbocycles. The van der Waals surface area contributed by atoms with Gasteiger partial charge in [0.1, 0.15) is 22.3 Å². The van der Waals surface area contributed by atoms with Crippen molar-refractivity contribution in [1.29, 1.82) is 0 Å². The summed E-state index contributed by atoms with van der Waals surface area (Å²) >= 11 is 0. The minimum atomic E-state index is 0.446. The van der Waals surface area contributed by atoms with E-state index in [-0.39, 0.29) is 0 Å². The second-order valence-corrected chi connectivity index (χ2v) is 24.4. The maximum absolute atomic E-state index is 6.78. The lowest BCUT2D eigenvalue weighted by Gasteiger charge is -2.35. The molecule has 0 atom stereocenters. The second-order valence-electron chi connectivity index (χ2n) is 24.4. The number of fused-ring (bicyclic) bond motifs is 6. The fourth-order valence-electron chi connectivity index (χ4n) is 15.7. The lowest BCUT2D eigenvalue weighted by Crippen LogP contribution is -2.16. The molecule has 0 bridgehead atoms. The third-order valence-electron chi connectivity index (χ3n) is 19.6. The summed E-state index contributed by atoms with van der Waals surface area (Å²) in [5, 5.41) is 12.7. The molecular formula is C80H68N2O2. The third kappa shape index (κ3) is 8.01. The van der Waals surface area contributed by atoms with Gasteiger partial charge in [0.2, 0.25) is 0 Å². The monoisotopic (exact) mass is 1090 g/mol. The summed E-state index contributed by atoms with van der Waals surface area (Å²) in [7, 11) is 0. The minimum Gasteiger partial charge on any atom is -0.455 e. The first-order valence-corrected chi connectivity index (χ1v) is 30.9. The molecule has 84 heavy (non-hydrogen) atoms. The summed E-state index contributed by atoms with van der Waals surface area (Å²) in [6.07, 6.45) is 12.4. The van der Waals surface area contributed by atoms with Gasteiger partial charge >= 0.3 is 0 Å². The van der Waals surface area contributed by atoms with Crippen molar-refractivity contribution in [3.8, 4) is 22.3 Å². The van der Waals surface area contributed by atoms with Gasteiger partial charge in [-0.1, -0.05) is 196 Å². The van der Waals surface area contributed by atoms with Crippen LogP contribution in [0.4, 0.5) is 34.1 Å². The van der Waals surface area contributed by atoms with Gasteiger partial charge in [0.25, 0.3) is 0 Å². The molecule has 0 unspecified atom stereocenters. The van der Waals surface area contributed by atoms with E-state index in [4.69, 9.17) is 8.83 Å². The van der Waals surface area contributed by atoms with Crippen LogP contribution in [-0.4, -0.2) is 0 Å². The lowest BCUT2D eigenvalue weighted by molar-refractivity contribution is 0.445. The average Bonchev–Trinajstić information content (AvgIpc) is 1.17. The van der Waals surface area contributed by atoms with Crippen molar-refractivity contribution < 1.29 is 8.83 Å². The highest BCUT2D eigenvalue weighted by atomic mass is 16.3. The van der Waals surface area contributed by atoms with Gasteiger partial charge in [-0.05, 0) is 180 Å². The highest BCUT2D eigenvalue weighted by Crippen LogP contribution is 2.55. The van der Waals surface area contributed by atoms with Crippen molar-refractivity contribution in [2.75, 3.05) is 9.80 Å². The SMILES string of the molecule is Cc1ccc(-c2cccc3c2oc2ccccc23)c(C)c1N(c1ccccc1)c1cc(C2CCCCC2)c2ccc3c(N(c4ccccc4)c4c(C)ccc(-c5cccc6c5oc5ccccc56)c4C)cc(C4CCCCC4)c4ccc1c2c43. The molecule has 0 amide bonds. The number of para-hydroxylation sites is 6. The van der Waals surface area contributed by atoms with Crippen molar-refractivity contribution in [2.24, 2.45) is 0 Å². The van der Waals surface area contributed by atoms with E-state index in [1.165, 1.54) is 164 Å². The highest BCUT2D eigenvalue weighted by molar-refractivity contribution is 6.30. The van der Waals surface area contributed by atoms with Crippen molar-refractivity contribution in [2.45, 2.75) is 104 Å². The number of hydrogen-bond acceptors (Lipinski definition) is 4. The first-order chi connectivity index (χ1) is 41.4. The maximum Gasteiger partial charge on any atom is 0.143 e. The Kier molecular flexibility index (Phi) is 12.3. The zero-order chi connectivity index (χ0) is 56.2. The number of aryl methyl sites for hydroxylation is 2. The Balaban J connectivity index is 0.987. The predicted molar refractivity (Wildman–Crippen MR) is 356 cm³/mol. The summed E-state index contributed by atoms with van der Waals surface area (Å²) in [5.74, 6) is 0.891. The number of benzene rings is 12. The summed E-state index contributed by atoms with van der Waals surface area (Å²) in [5.41, 5.74) is 23.3. The first-order valence-electron chi connectivity index (χ1n) is 30.9. The Hall–Kier alpha value is -9.12. The smallest absolute Gasteiger partial charge is 0.143 e. The molecule has 2 aromatic heterocycles. The first kappa shape index (κ1) is 50.6. The summed E-state index contributed by atoms with van der Waals surface area (Å²) in [6.45, 7) is 9.28. The number of hydrogen-bond donors (Lipinski definition) is 0. The van der Waals surface area contributed by atoms with E-state index in [0.717, 1.165) is 66.4 Å². The van der Waals surface area contributed by atoms with E-state index in [1.807, 2.05) is 0 Å². The minimum absolute atomic E-state index is 0.446. The van der Waals surface area contributed by atoms with Crippen LogP contribution in [0.15, 0.2) is 215 Å². The van der Waals surface area contributed by atoms with E-state index < -0.39 is 0 Å². The molecule has 16 rings (SSSR count). The Bertz CT molecular complexity index is 4550. The molecule has 0 spiro atoms. The molecule has 0 N–H and O–H groups in total. The van der Waals surface area contributed by atoms with Crippen LogP contribution in [0, 0.1) is 27.7 Å². The van der Waals surface area contributed by atoms with Gasteiger partial charge < -0.3 is 18.6 Å². The van der Waals surface area contributed by atoms with Crippen LogP contribution in [-0.2, 0) is 0 Å². The number of anilines is 6. The molecular weight excluding hydrogens is 1020 g/mol. The summed E-state index contributed by atoms with van der Waals surface area (Å²) in [4.78, 5) is 5.26. The molecule has 2 aliphatic rings. The molecule has 4 nitrogen and oxygen atoms in total. The molecule has 12 aromatic carbocycles. The van der Waals surface area contributed by atoms with Crippen LogP contribution in [0.25, 0.3) is 98.4 Å². The van der Waals surface area contributed by atoms with Crippen molar-refractivity contribution >= 4 is 110 Å². The quantitative estimate of drug-likeness (QED) is 0.128. The van der Waals surface area contributed by atoms with Gasteiger partial charge in [0, 0.05) is 54.8 Å². The van der Waals surface area contributed by atoms with Gasteiger partial charge in [0.15, 0.2) is 0 Å². The molecule has 0 saturated heterocycles. The summed E-state index contributed by atoms with van der Waals surface area (Å²) < 4.78 is 13.6. The fraction of sp³-hybridized carbons (Fsp3) is 0.200. The van der Waals surface area contributed by atoms with Crippen LogP contribution in [0.5, 0.6) is 0 Å². The van der Waals surface area contributed by atoms with Crippen LogP contribution < -0.4 is 9.80 Å². The maximum atomic E-state index is 6.78. The van der Waals surface area contributed by atoms with E-state index in [0.29, 0.717) is 11.8 Å². The Morgan fingerprint density at radius 1 is 0.321 bits per heavy atom. The van der Waals surface area contributed by atoms with Gasteiger partial charge in [-0.15, -0.1) is 0 Å². The van der Waals surface area contributed by atoms with Crippen LogP contribution in [0.3, 0.4) is 0 Å². The zero-order valence-corrected chi connectivity index (χ0v) is 48.6. The van der Waals surface area contributed by atoms with Gasteiger partial charge in [-0.3, -0.25) is 0 Å². The third-order valence-corrected chi connectivity index (χ3v) is 19.6. The Labute approximate surface area is 491 Å². The van der Waals surface area contributed by atoms with E-state index >= 15 is 0 Å². The van der Waals surface area contributed by atoms with Crippen molar-refractivity contribution in [3.63, 3.8) is 0 Å². The second kappa shape index (κ2) is 20.3. The van der Waals surface area contributed by atoms with E-state index in [2.05, 4.69) is 244 Å². The van der Waals surface area contributed by atoms with E-state index in [1.54, 1.807) is 0 Å². The van der Waals surface area contributed by atoms with Crippen LogP contribution in [0.2, 0.25) is 0 Å². The number of furan rings is 2. The summed E-state index contributed by atoms with van der Waals surface area (Å²) in [6, 6.07) is 77.3. The Morgan fingerprint density at radius 3 is 1.13 bits per heavy atom. The number of rotatable bonds is 10. The fourth-order valence-corrected chi connectivity index (χ4v) is 15.7. The van der Waals surface area contributed by atoms with Gasteiger partial charge in [0.05, 0.1) is 22.7 Å². The molecule has 2 fully saturated rings. The van der Waals surface area contributed by atoms with Gasteiger partial charge in [-0.2, -0.15) is 0 Å². The molecule has 14 aromatic rings. The van der Waals surface area contributed by atoms with Crippen LogP contribution in [0.1, 0.15) is 109 Å².